The molecule has 1 aliphatic carbocycles. The van der Waals surface area contributed by atoms with E-state index in [4.69, 9.17) is 0 Å². The second-order valence-electron chi connectivity index (χ2n) is 9.51. The molecule has 2 aliphatic heterocycles. The number of benzene rings is 1. The standard InChI is InChI=1S/C24H35N3O4S/c1-3-17(2)25-23(28)18-11-14-26(15-12-18)32(30,31)21-9-10-22-20(16-21)8-5-13-27(22)24(29)19-6-4-7-19/h9-10,16-19H,3-8,11-15H2,1-2H3,(H,25,28)/t17-/m0/s1. The highest BCUT2D eigenvalue weighted by atomic mass is 32.2. The number of fused-ring (bicyclic) bond motifs is 1. The fourth-order valence-electron chi connectivity index (χ4n) is 4.81. The number of rotatable bonds is 6. The predicted molar refractivity (Wildman–Crippen MR) is 124 cm³/mol. The summed E-state index contributed by atoms with van der Waals surface area (Å²) < 4.78 is 28.1. The van der Waals surface area contributed by atoms with Crippen molar-refractivity contribution in [2.75, 3.05) is 24.5 Å². The van der Waals surface area contributed by atoms with Crippen LogP contribution in [0.15, 0.2) is 23.1 Å². The summed E-state index contributed by atoms with van der Waals surface area (Å²) in [5, 5.41) is 3.01. The van der Waals surface area contributed by atoms with Gasteiger partial charge in [0.05, 0.1) is 4.90 Å². The third kappa shape index (κ3) is 4.57. The van der Waals surface area contributed by atoms with Gasteiger partial charge in [0.2, 0.25) is 21.8 Å². The van der Waals surface area contributed by atoms with Gasteiger partial charge < -0.3 is 10.2 Å². The van der Waals surface area contributed by atoms with Crippen molar-refractivity contribution in [2.45, 2.75) is 76.2 Å². The molecule has 3 aliphatic rings. The van der Waals surface area contributed by atoms with Crippen molar-refractivity contribution >= 4 is 27.5 Å². The first-order valence-electron chi connectivity index (χ1n) is 12.1. The number of nitrogens with zero attached hydrogens (tertiary/aromatic N) is 2. The largest absolute Gasteiger partial charge is 0.353 e. The molecular formula is C24H35N3O4S. The molecule has 2 heterocycles. The van der Waals surface area contributed by atoms with E-state index in [0.29, 0.717) is 32.5 Å². The molecule has 0 aromatic heterocycles. The number of amides is 2. The number of anilines is 1. The lowest BCUT2D eigenvalue weighted by atomic mass is 9.83. The van der Waals surface area contributed by atoms with E-state index in [9.17, 15) is 18.0 Å². The second kappa shape index (κ2) is 9.51. The summed E-state index contributed by atoms with van der Waals surface area (Å²) in [4.78, 5) is 27.4. The Morgan fingerprint density at radius 2 is 1.78 bits per heavy atom. The smallest absolute Gasteiger partial charge is 0.243 e. The maximum absolute atomic E-state index is 13.3. The van der Waals surface area contributed by atoms with Crippen LogP contribution in [0, 0.1) is 11.8 Å². The van der Waals surface area contributed by atoms with E-state index in [-0.39, 0.29) is 34.6 Å². The summed E-state index contributed by atoms with van der Waals surface area (Å²) >= 11 is 0. The summed E-state index contributed by atoms with van der Waals surface area (Å²) in [7, 11) is -3.62. The van der Waals surface area contributed by atoms with Crippen LogP contribution >= 0.6 is 0 Å². The van der Waals surface area contributed by atoms with Crippen LogP contribution in [0.5, 0.6) is 0 Å². The van der Waals surface area contributed by atoms with Gasteiger partial charge in [-0.1, -0.05) is 13.3 Å². The quantitative estimate of drug-likeness (QED) is 0.705. The summed E-state index contributed by atoms with van der Waals surface area (Å²) in [6.07, 6.45) is 6.62. The topological polar surface area (TPSA) is 86.8 Å². The lowest BCUT2D eigenvalue weighted by Gasteiger charge is -2.35. The van der Waals surface area contributed by atoms with Crippen LogP contribution in [-0.4, -0.2) is 50.2 Å². The fourth-order valence-corrected chi connectivity index (χ4v) is 6.33. The summed E-state index contributed by atoms with van der Waals surface area (Å²) in [5.41, 5.74) is 1.81. The molecule has 1 N–H and O–H groups in total. The van der Waals surface area contributed by atoms with Crippen molar-refractivity contribution in [2.24, 2.45) is 11.8 Å². The Balaban J connectivity index is 1.45. The van der Waals surface area contributed by atoms with Gasteiger partial charge in [-0.25, -0.2) is 8.42 Å². The lowest BCUT2D eigenvalue weighted by molar-refractivity contribution is -0.127. The van der Waals surface area contributed by atoms with Gasteiger partial charge in [0.1, 0.15) is 0 Å². The number of aryl methyl sites for hydroxylation is 1. The molecule has 176 valence electrons. The lowest BCUT2D eigenvalue weighted by Crippen LogP contribution is -2.44. The molecule has 2 fully saturated rings. The number of carbonyl (C=O) groups is 2. The zero-order chi connectivity index (χ0) is 22.9. The first-order valence-corrected chi connectivity index (χ1v) is 13.5. The molecule has 32 heavy (non-hydrogen) atoms. The van der Waals surface area contributed by atoms with Crippen molar-refractivity contribution in [1.82, 2.24) is 9.62 Å². The minimum Gasteiger partial charge on any atom is -0.353 e. The zero-order valence-corrected chi connectivity index (χ0v) is 20.0. The molecule has 1 aromatic rings. The van der Waals surface area contributed by atoms with Gasteiger partial charge in [-0.3, -0.25) is 9.59 Å². The molecule has 1 aromatic carbocycles. The predicted octanol–water partition coefficient (Wildman–Crippen LogP) is 3.08. The minimum absolute atomic E-state index is 0.0291. The average molecular weight is 462 g/mol. The van der Waals surface area contributed by atoms with Crippen LogP contribution in [0.2, 0.25) is 0 Å². The molecule has 4 rings (SSSR count). The van der Waals surface area contributed by atoms with Crippen LogP contribution in [0.4, 0.5) is 5.69 Å². The van der Waals surface area contributed by atoms with E-state index in [0.717, 1.165) is 49.8 Å². The van der Waals surface area contributed by atoms with Gasteiger partial charge in [-0.15, -0.1) is 0 Å². The molecule has 1 saturated carbocycles. The van der Waals surface area contributed by atoms with Crippen molar-refractivity contribution in [3.63, 3.8) is 0 Å². The van der Waals surface area contributed by atoms with Gasteiger partial charge in [-0.2, -0.15) is 4.31 Å². The SMILES string of the molecule is CC[C@H](C)NC(=O)C1CCN(S(=O)(=O)c2ccc3c(c2)CCCN3C(=O)C2CCC2)CC1. The first kappa shape index (κ1) is 23.2. The van der Waals surface area contributed by atoms with E-state index in [1.165, 1.54) is 4.31 Å². The minimum atomic E-state index is -3.62. The molecule has 0 spiro atoms. The van der Waals surface area contributed by atoms with Crippen molar-refractivity contribution in [1.29, 1.82) is 0 Å². The molecule has 0 bridgehead atoms. The Kier molecular flexibility index (Phi) is 6.91. The number of carbonyl (C=O) groups excluding carboxylic acids is 2. The maximum atomic E-state index is 13.3. The average Bonchev–Trinajstić information content (AvgIpc) is 2.77. The molecule has 1 saturated heterocycles. The summed E-state index contributed by atoms with van der Waals surface area (Å²) in [6.45, 7) is 5.42. The molecule has 0 unspecified atom stereocenters. The maximum Gasteiger partial charge on any atom is 0.243 e. The van der Waals surface area contributed by atoms with Crippen LogP contribution in [0.25, 0.3) is 0 Å². The normalized spacial score (nSPS) is 21.5. The molecule has 7 nitrogen and oxygen atoms in total. The van der Waals surface area contributed by atoms with Crippen molar-refractivity contribution in [3.8, 4) is 0 Å². The summed E-state index contributed by atoms with van der Waals surface area (Å²) in [5.74, 6) is 0.208. The number of hydrogen-bond acceptors (Lipinski definition) is 4. The van der Waals surface area contributed by atoms with E-state index >= 15 is 0 Å². The van der Waals surface area contributed by atoms with Gasteiger partial charge >= 0.3 is 0 Å². The number of piperidine rings is 1. The van der Waals surface area contributed by atoms with E-state index < -0.39 is 10.0 Å². The highest BCUT2D eigenvalue weighted by Crippen LogP contribution is 2.35. The first-order chi connectivity index (χ1) is 15.3. The van der Waals surface area contributed by atoms with Crippen LogP contribution in [0.3, 0.4) is 0 Å². The molecule has 1 atom stereocenters. The Morgan fingerprint density at radius 1 is 1.06 bits per heavy atom. The van der Waals surface area contributed by atoms with Crippen molar-refractivity contribution in [3.05, 3.63) is 23.8 Å². The molecule has 8 heteroatoms. The monoisotopic (exact) mass is 461 g/mol. The Hall–Kier alpha value is -1.93. The number of hydrogen-bond donors (Lipinski definition) is 1. The van der Waals surface area contributed by atoms with Crippen LogP contribution < -0.4 is 10.2 Å². The van der Waals surface area contributed by atoms with Gasteiger partial charge in [-0.05, 0) is 75.6 Å². The Labute approximate surface area is 191 Å². The number of nitrogens with one attached hydrogen (secondary N) is 1. The van der Waals surface area contributed by atoms with E-state index in [2.05, 4.69) is 5.32 Å². The van der Waals surface area contributed by atoms with Gasteiger partial charge in [0.15, 0.2) is 0 Å². The Bertz CT molecular complexity index is 965. The third-order valence-electron chi connectivity index (χ3n) is 7.35. The number of sulfonamides is 1. The molecule has 2 amide bonds. The summed E-state index contributed by atoms with van der Waals surface area (Å²) in [6, 6.07) is 5.34. The Morgan fingerprint density at radius 3 is 2.41 bits per heavy atom. The van der Waals surface area contributed by atoms with Crippen molar-refractivity contribution < 1.29 is 18.0 Å². The third-order valence-corrected chi connectivity index (χ3v) is 9.25. The van der Waals surface area contributed by atoms with Crippen LogP contribution in [0.1, 0.15) is 64.4 Å². The molecular weight excluding hydrogens is 426 g/mol. The highest BCUT2D eigenvalue weighted by molar-refractivity contribution is 7.89. The highest BCUT2D eigenvalue weighted by Gasteiger charge is 2.35. The van der Waals surface area contributed by atoms with E-state index in [1.807, 2.05) is 24.8 Å². The van der Waals surface area contributed by atoms with Crippen LogP contribution in [-0.2, 0) is 26.0 Å². The van der Waals surface area contributed by atoms with E-state index in [1.54, 1.807) is 12.1 Å². The molecule has 0 radical (unpaired) electrons. The van der Waals surface area contributed by atoms with Gasteiger partial charge in [0, 0.05) is 43.2 Å². The second-order valence-corrected chi connectivity index (χ2v) is 11.4. The fraction of sp³-hybridized carbons (Fsp3) is 0.667. The zero-order valence-electron chi connectivity index (χ0n) is 19.2. The van der Waals surface area contributed by atoms with Gasteiger partial charge in [0.25, 0.3) is 0 Å².